The van der Waals surface area contributed by atoms with Crippen LogP contribution in [0, 0.1) is 6.92 Å². The highest BCUT2D eigenvalue weighted by molar-refractivity contribution is 7.92. The third-order valence-electron chi connectivity index (χ3n) is 2.80. The Hall–Kier alpha value is -2.28. The number of hydrogen-bond donors (Lipinski definition) is 1. The molecular weight excluding hydrogens is 282 g/mol. The quantitative estimate of drug-likeness (QED) is 0.933. The standard InChI is InChI=1S/C13H13NO5S/c1-9-3-5-10(6-4-9)14(2)20(17,18)12-8-7-11(19-12)13(15)16/h3-8H,1-2H3,(H,15,16). The van der Waals surface area contributed by atoms with Gasteiger partial charge in [-0.05, 0) is 31.2 Å². The van der Waals surface area contributed by atoms with Gasteiger partial charge in [0, 0.05) is 7.05 Å². The van der Waals surface area contributed by atoms with Crippen molar-refractivity contribution in [1.29, 1.82) is 0 Å². The number of benzene rings is 1. The Morgan fingerprint density at radius 3 is 2.25 bits per heavy atom. The minimum Gasteiger partial charge on any atom is -0.475 e. The number of sulfonamides is 1. The fourth-order valence-electron chi connectivity index (χ4n) is 1.60. The lowest BCUT2D eigenvalue weighted by atomic mass is 10.2. The Balaban J connectivity index is 2.38. The van der Waals surface area contributed by atoms with E-state index in [1.54, 1.807) is 24.3 Å². The SMILES string of the molecule is Cc1ccc(N(C)S(=O)(=O)c2ccc(C(=O)O)o2)cc1. The lowest BCUT2D eigenvalue weighted by Gasteiger charge is -2.17. The minimum atomic E-state index is -3.91. The van der Waals surface area contributed by atoms with E-state index in [1.165, 1.54) is 7.05 Å². The van der Waals surface area contributed by atoms with Crippen LogP contribution in [-0.4, -0.2) is 26.5 Å². The van der Waals surface area contributed by atoms with E-state index >= 15 is 0 Å². The zero-order valence-corrected chi connectivity index (χ0v) is 11.7. The Labute approximate surface area is 116 Å². The number of furan rings is 1. The van der Waals surface area contributed by atoms with Crippen molar-refractivity contribution in [3.8, 4) is 0 Å². The van der Waals surface area contributed by atoms with Crippen molar-refractivity contribution in [2.24, 2.45) is 0 Å². The highest BCUT2D eigenvalue weighted by Crippen LogP contribution is 2.23. The van der Waals surface area contributed by atoms with Gasteiger partial charge in [0.15, 0.2) is 0 Å². The number of carbonyl (C=O) groups is 1. The Morgan fingerprint density at radius 2 is 1.75 bits per heavy atom. The van der Waals surface area contributed by atoms with Crippen LogP contribution in [0.2, 0.25) is 0 Å². The van der Waals surface area contributed by atoms with Gasteiger partial charge in [0.25, 0.3) is 10.0 Å². The van der Waals surface area contributed by atoms with Gasteiger partial charge in [-0.2, -0.15) is 8.42 Å². The molecule has 0 aliphatic heterocycles. The van der Waals surface area contributed by atoms with E-state index in [4.69, 9.17) is 9.52 Å². The van der Waals surface area contributed by atoms with Gasteiger partial charge in [0.2, 0.25) is 10.9 Å². The maximum Gasteiger partial charge on any atom is 0.371 e. The Morgan fingerprint density at radius 1 is 1.15 bits per heavy atom. The number of carboxylic acids is 1. The van der Waals surface area contributed by atoms with E-state index in [0.717, 1.165) is 22.0 Å². The Bertz CT molecular complexity index is 730. The Kier molecular flexibility index (Phi) is 3.54. The lowest BCUT2D eigenvalue weighted by molar-refractivity contribution is 0.0656. The number of rotatable bonds is 4. The largest absolute Gasteiger partial charge is 0.475 e. The lowest BCUT2D eigenvalue weighted by Crippen LogP contribution is -2.26. The number of anilines is 1. The fourth-order valence-corrected chi connectivity index (χ4v) is 2.71. The molecule has 20 heavy (non-hydrogen) atoms. The maximum atomic E-state index is 12.3. The highest BCUT2D eigenvalue weighted by atomic mass is 32.2. The highest BCUT2D eigenvalue weighted by Gasteiger charge is 2.26. The monoisotopic (exact) mass is 295 g/mol. The molecule has 6 nitrogen and oxygen atoms in total. The second kappa shape index (κ2) is 5.01. The van der Waals surface area contributed by atoms with Crippen molar-refractivity contribution in [2.75, 3.05) is 11.4 Å². The van der Waals surface area contributed by atoms with Crippen LogP contribution in [0.3, 0.4) is 0 Å². The molecule has 0 amide bonds. The smallest absolute Gasteiger partial charge is 0.371 e. The van der Waals surface area contributed by atoms with Gasteiger partial charge < -0.3 is 9.52 Å². The van der Waals surface area contributed by atoms with Gasteiger partial charge in [-0.3, -0.25) is 4.31 Å². The summed E-state index contributed by atoms with van der Waals surface area (Å²) in [6, 6.07) is 9.13. The molecule has 0 saturated heterocycles. The van der Waals surface area contributed by atoms with Crippen molar-refractivity contribution >= 4 is 21.7 Å². The average molecular weight is 295 g/mol. The summed E-state index contributed by atoms with van der Waals surface area (Å²) in [6.07, 6.45) is 0. The summed E-state index contributed by atoms with van der Waals surface area (Å²) in [4.78, 5) is 10.7. The number of hydrogen-bond acceptors (Lipinski definition) is 4. The zero-order valence-electron chi connectivity index (χ0n) is 10.9. The van der Waals surface area contributed by atoms with Crippen LogP contribution in [0.25, 0.3) is 0 Å². The molecule has 0 fully saturated rings. The molecule has 0 unspecified atom stereocenters. The molecule has 1 aromatic heterocycles. The van der Waals surface area contributed by atoms with E-state index in [0.29, 0.717) is 5.69 Å². The van der Waals surface area contributed by atoms with Crippen molar-refractivity contribution in [1.82, 2.24) is 0 Å². The summed E-state index contributed by atoms with van der Waals surface area (Å²) >= 11 is 0. The molecule has 0 bridgehead atoms. The third kappa shape index (κ3) is 2.53. The normalized spacial score (nSPS) is 11.3. The van der Waals surface area contributed by atoms with Crippen LogP contribution in [0.15, 0.2) is 45.9 Å². The first kappa shape index (κ1) is 14.1. The van der Waals surface area contributed by atoms with Gasteiger partial charge in [-0.25, -0.2) is 4.79 Å². The molecule has 0 atom stereocenters. The van der Waals surface area contributed by atoms with Crippen molar-refractivity contribution in [3.05, 3.63) is 47.7 Å². The van der Waals surface area contributed by atoms with Gasteiger partial charge in [-0.1, -0.05) is 17.7 Å². The number of carboxylic acid groups (broad SMARTS) is 1. The molecule has 2 aromatic rings. The van der Waals surface area contributed by atoms with Crippen LogP contribution in [0.1, 0.15) is 16.1 Å². The molecule has 2 rings (SSSR count). The van der Waals surface area contributed by atoms with Crippen LogP contribution in [-0.2, 0) is 10.0 Å². The molecule has 1 heterocycles. The first-order chi connectivity index (χ1) is 9.32. The second-order valence-electron chi connectivity index (χ2n) is 4.23. The summed E-state index contributed by atoms with van der Waals surface area (Å²) < 4.78 is 30.5. The van der Waals surface area contributed by atoms with Crippen molar-refractivity contribution < 1.29 is 22.7 Å². The van der Waals surface area contributed by atoms with Gasteiger partial charge in [0.05, 0.1) is 5.69 Å². The molecule has 1 aromatic carbocycles. The molecule has 7 heteroatoms. The molecule has 0 aliphatic carbocycles. The molecule has 106 valence electrons. The number of aromatic carboxylic acids is 1. The molecule has 0 spiro atoms. The summed E-state index contributed by atoms with van der Waals surface area (Å²) in [7, 11) is -2.54. The maximum absolute atomic E-state index is 12.3. The van der Waals surface area contributed by atoms with Gasteiger partial charge in [0.1, 0.15) is 0 Å². The summed E-state index contributed by atoms with van der Waals surface area (Å²) in [6.45, 7) is 1.89. The molecule has 0 aliphatic rings. The van der Waals surface area contributed by atoms with E-state index in [2.05, 4.69) is 0 Å². The number of aryl methyl sites for hydroxylation is 1. The molecule has 0 saturated carbocycles. The average Bonchev–Trinajstić information content (AvgIpc) is 2.89. The predicted molar refractivity (Wildman–Crippen MR) is 72.4 cm³/mol. The third-order valence-corrected chi connectivity index (χ3v) is 4.46. The van der Waals surface area contributed by atoms with Crippen LogP contribution in [0.4, 0.5) is 5.69 Å². The fraction of sp³-hybridized carbons (Fsp3) is 0.154. The topological polar surface area (TPSA) is 87.8 Å². The molecular formula is C13H13NO5S. The van der Waals surface area contributed by atoms with Crippen molar-refractivity contribution in [3.63, 3.8) is 0 Å². The van der Waals surface area contributed by atoms with E-state index in [-0.39, 0.29) is 0 Å². The van der Waals surface area contributed by atoms with Crippen LogP contribution >= 0.6 is 0 Å². The second-order valence-corrected chi connectivity index (χ2v) is 6.13. The summed E-state index contributed by atoms with van der Waals surface area (Å²) in [5.41, 5.74) is 1.47. The van der Waals surface area contributed by atoms with Crippen LogP contribution in [0.5, 0.6) is 0 Å². The number of nitrogens with zero attached hydrogens (tertiary/aromatic N) is 1. The molecule has 1 N–H and O–H groups in total. The van der Waals surface area contributed by atoms with Gasteiger partial charge in [-0.15, -0.1) is 0 Å². The first-order valence-corrected chi connectivity index (χ1v) is 7.15. The predicted octanol–water partition coefficient (Wildman–Crippen LogP) is 2.11. The summed E-state index contributed by atoms with van der Waals surface area (Å²) in [5, 5.41) is 8.34. The first-order valence-electron chi connectivity index (χ1n) is 5.71. The zero-order chi connectivity index (χ0) is 14.9. The minimum absolute atomic E-state index is 0.405. The summed E-state index contributed by atoms with van der Waals surface area (Å²) in [5.74, 6) is -1.73. The van der Waals surface area contributed by atoms with E-state index in [1.807, 2.05) is 6.92 Å². The van der Waals surface area contributed by atoms with E-state index < -0.39 is 26.8 Å². The van der Waals surface area contributed by atoms with E-state index in [9.17, 15) is 13.2 Å². The van der Waals surface area contributed by atoms with Crippen LogP contribution < -0.4 is 4.31 Å². The van der Waals surface area contributed by atoms with Gasteiger partial charge >= 0.3 is 5.97 Å². The molecule has 0 radical (unpaired) electrons. The van der Waals surface area contributed by atoms with Crippen molar-refractivity contribution in [2.45, 2.75) is 12.0 Å².